The number of anilines is 1. The first-order valence-electron chi connectivity index (χ1n) is 8.76. The largest absolute Gasteiger partial charge is 0.456 e. The lowest BCUT2D eigenvalue weighted by molar-refractivity contribution is -0.138. The monoisotopic (exact) mass is 421 g/mol. The van der Waals surface area contributed by atoms with Crippen LogP contribution in [0.25, 0.3) is 0 Å². The van der Waals surface area contributed by atoms with Crippen LogP contribution in [0.1, 0.15) is 29.7 Å². The van der Waals surface area contributed by atoms with Gasteiger partial charge in [-0.25, -0.2) is 9.59 Å². The molecular weight excluding hydrogens is 403 g/mol. The summed E-state index contributed by atoms with van der Waals surface area (Å²) in [7, 11) is 0. The molecule has 0 saturated heterocycles. The summed E-state index contributed by atoms with van der Waals surface area (Å²) in [6.07, 6.45) is -7.35. The molecule has 0 fully saturated rings. The zero-order valence-electron chi connectivity index (χ0n) is 15.8. The van der Waals surface area contributed by atoms with E-state index < -0.39 is 29.9 Å². The molecule has 0 heterocycles. The minimum Gasteiger partial charge on any atom is -0.456 e. The number of halogens is 3. The summed E-state index contributed by atoms with van der Waals surface area (Å²) in [4.78, 5) is 23.4. The van der Waals surface area contributed by atoms with Crippen LogP contribution in [0.5, 0.6) is 0 Å². The van der Waals surface area contributed by atoms with Gasteiger partial charge < -0.3 is 14.6 Å². The van der Waals surface area contributed by atoms with E-state index in [2.05, 4.69) is 16.0 Å². The molecule has 1 atom stereocenters. The number of aliphatic hydroxyl groups is 1. The van der Waals surface area contributed by atoms with Crippen molar-refractivity contribution in [1.29, 1.82) is 0 Å². The van der Waals surface area contributed by atoms with Gasteiger partial charge in [0.15, 0.2) is 0 Å². The fraction of sp³-hybridized carbons (Fsp3) is 0.238. The van der Waals surface area contributed by atoms with Gasteiger partial charge in [0.1, 0.15) is 12.7 Å². The van der Waals surface area contributed by atoms with E-state index >= 15 is 0 Å². The molecule has 0 aliphatic rings. The smallest absolute Gasteiger partial charge is 0.416 e. The second kappa shape index (κ2) is 10.3. The number of carbonyl (C=O) groups is 2. The Balaban J connectivity index is 2.23. The Morgan fingerprint density at radius 2 is 1.83 bits per heavy atom. The Labute approximate surface area is 170 Å². The molecule has 0 aliphatic carbocycles. The first-order valence-corrected chi connectivity index (χ1v) is 8.76. The van der Waals surface area contributed by atoms with E-state index in [0.29, 0.717) is 11.6 Å². The van der Waals surface area contributed by atoms with Gasteiger partial charge in [0.2, 0.25) is 0 Å². The van der Waals surface area contributed by atoms with Crippen LogP contribution in [-0.4, -0.2) is 23.8 Å². The third-order valence-electron chi connectivity index (χ3n) is 3.71. The van der Waals surface area contributed by atoms with Gasteiger partial charge in [-0.05, 0) is 24.6 Å². The number of ether oxygens (including phenoxy) is 2. The number of hydrogen-bond acceptors (Lipinski definition) is 5. The van der Waals surface area contributed by atoms with Crippen LogP contribution in [0.15, 0.2) is 48.5 Å². The number of aliphatic hydroxyl groups excluding tert-OH is 1. The van der Waals surface area contributed by atoms with Crippen LogP contribution in [0.4, 0.5) is 23.7 Å². The van der Waals surface area contributed by atoms with Crippen LogP contribution in [0.2, 0.25) is 0 Å². The first kappa shape index (κ1) is 22.8. The average molecular weight is 421 g/mol. The van der Waals surface area contributed by atoms with Gasteiger partial charge in [-0.1, -0.05) is 42.3 Å². The number of rotatable bonds is 5. The molecule has 2 aromatic rings. The number of nitrogens with one attached hydrogen (secondary N) is 1. The van der Waals surface area contributed by atoms with Gasteiger partial charge in [-0.3, -0.25) is 5.32 Å². The molecular formula is C21H18F3NO5. The highest BCUT2D eigenvalue weighted by Crippen LogP contribution is 2.34. The van der Waals surface area contributed by atoms with Crippen molar-refractivity contribution in [1.82, 2.24) is 0 Å². The quantitative estimate of drug-likeness (QED) is 0.432. The van der Waals surface area contributed by atoms with Gasteiger partial charge in [-0.15, -0.1) is 0 Å². The fourth-order valence-corrected chi connectivity index (χ4v) is 2.32. The Hall–Kier alpha value is -3.51. The Kier molecular flexibility index (Phi) is 7.83. The lowest BCUT2D eigenvalue weighted by Crippen LogP contribution is -2.17. The molecule has 2 rings (SSSR count). The summed E-state index contributed by atoms with van der Waals surface area (Å²) in [6.45, 7) is 1.53. The van der Waals surface area contributed by atoms with Crippen molar-refractivity contribution >= 4 is 17.7 Å². The Morgan fingerprint density at radius 1 is 1.13 bits per heavy atom. The number of amides is 1. The minimum absolute atomic E-state index is 0.0734. The number of benzene rings is 2. The lowest BCUT2D eigenvalue weighted by atomic mass is 10.0. The van der Waals surface area contributed by atoms with Gasteiger partial charge in [-0.2, -0.15) is 13.2 Å². The number of esters is 1. The first-order chi connectivity index (χ1) is 14.2. The molecule has 0 bridgehead atoms. The molecule has 2 N–H and O–H groups in total. The maximum Gasteiger partial charge on any atom is 0.416 e. The maximum absolute atomic E-state index is 13.1. The van der Waals surface area contributed by atoms with Crippen LogP contribution in [0.3, 0.4) is 0 Å². The lowest BCUT2D eigenvalue weighted by Gasteiger charge is -2.16. The minimum atomic E-state index is -4.68. The van der Waals surface area contributed by atoms with Crippen molar-refractivity contribution in [3.05, 3.63) is 65.2 Å². The third kappa shape index (κ3) is 6.83. The predicted octanol–water partition coefficient (Wildman–Crippen LogP) is 4.05. The Bertz CT molecular complexity index is 949. The molecule has 158 valence electrons. The summed E-state index contributed by atoms with van der Waals surface area (Å²) >= 11 is 0. The van der Waals surface area contributed by atoms with E-state index in [1.165, 1.54) is 0 Å². The topological polar surface area (TPSA) is 84.9 Å². The molecule has 0 saturated carbocycles. The summed E-state index contributed by atoms with van der Waals surface area (Å²) < 4.78 is 48.7. The van der Waals surface area contributed by atoms with E-state index in [1.54, 1.807) is 37.3 Å². The molecule has 1 unspecified atom stereocenters. The number of hydrogen-bond donors (Lipinski definition) is 2. The predicted molar refractivity (Wildman–Crippen MR) is 101 cm³/mol. The third-order valence-corrected chi connectivity index (χ3v) is 3.71. The SMILES string of the molecule is CCOC(=O)C#CC(O)c1ccc(C(F)(F)F)cc1NC(=O)OCc1ccccc1. The van der Waals surface area contributed by atoms with Crippen molar-refractivity contribution in [2.75, 3.05) is 11.9 Å². The zero-order valence-corrected chi connectivity index (χ0v) is 15.8. The van der Waals surface area contributed by atoms with Crippen LogP contribution >= 0.6 is 0 Å². The van der Waals surface area contributed by atoms with Gasteiger partial charge in [0.05, 0.1) is 17.9 Å². The summed E-state index contributed by atoms with van der Waals surface area (Å²) in [5, 5.41) is 12.4. The van der Waals surface area contributed by atoms with Crippen LogP contribution < -0.4 is 5.32 Å². The summed E-state index contributed by atoms with van der Waals surface area (Å²) in [6, 6.07) is 11.0. The number of carbonyl (C=O) groups excluding carboxylic acids is 2. The second-order valence-electron chi connectivity index (χ2n) is 5.88. The van der Waals surface area contributed by atoms with Crippen LogP contribution in [0, 0.1) is 11.8 Å². The van der Waals surface area contributed by atoms with Crippen molar-refractivity contribution in [2.45, 2.75) is 25.8 Å². The summed E-state index contributed by atoms with van der Waals surface area (Å²) in [5.74, 6) is 3.29. The van der Waals surface area contributed by atoms with Crippen molar-refractivity contribution in [3.63, 3.8) is 0 Å². The second-order valence-corrected chi connectivity index (χ2v) is 5.88. The molecule has 1 amide bonds. The highest BCUT2D eigenvalue weighted by Gasteiger charge is 2.31. The average Bonchev–Trinajstić information content (AvgIpc) is 2.71. The highest BCUT2D eigenvalue weighted by atomic mass is 19.4. The summed E-state index contributed by atoms with van der Waals surface area (Å²) in [5.41, 5.74) is -0.863. The van der Waals surface area contributed by atoms with Gasteiger partial charge in [0.25, 0.3) is 0 Å². The molecule has 0 aromatic heterocycles. The van der Waals surface area contributed by atoms with Crippen molar-refractivity contribution in [2.24, 2.45) is 0 Å². The normalized spacial score (nSPS) is 11.6. The van der Waals surface area contributed by atoms with E-state index in [0.717, 1.165) is 12.1 Å². The van der Waals surface area contributed by atoms with E-state index in [-0.39, 0.29) is 24.5 Å². The van der Waals surface area contributed by atoms with E-state index in [9.17, 15) is 27.9 Å². The Morgan fingerprint density at radius 3 is 2.47 bits per heavy atom. The van der Waals surface area contributed by atoms with Crippen molar-refractivity contribution < 1.29 is 37.3 Å². The van der Waals surface area contributed by atoms with E-state index in [4.69, 9.17) is 4.74 Å². The molecule has 2 aromatic carbocycles. The highest BCUT2D eigenvalue weighted by molar-refractivity contribution is 5.89. The standard InChI is InChI=1S/C21H18F3NO5/c1-2-29-19(27)11-10-18(26)16-9-8-15(21(22,23)24)12-17(16)25-20(28)30-13-14-6-4-3-5-7-14/h3-9,12,18,26H,2,13H2,1H3,(H,25,28). The fourth-order valence-electron chi connectivity index (χ4n) is 2.32. The molecule has 0 radical (unpaired) electrons. The van der Waals surface area contributed by atoms with Gasteiger partial charge >= 0.3 is 18.2 Å². The number of alkyl halides is 3. The van der Waals surface area contributed by atoms with Gasteiger partial charge in [0, 0.05) is 11.5 Å². The zero-order chi connectivity index (χ0) is 22.1. The molecule has 0 aliphatic heterocycles. The van der Waals surface area contributed by atoms with E-state index in [1.807, 2.05) is 5.92 Å². The molecule has 9 heteroatoms. The molecule has 6 nitrogen and oxygen atoms in total. The molecule has 30 heavy (non-hydrogen) atoms. The maximum atomic E-state index is 13.1. The molecule has 0 spiro atoms. The van der Waals surface area contributed by atoms with Crippen molar-refractivity contribution in [3.8, 4) is 11.8 Å². The van der Waals surface area contributed by atoms with Crippen LogP contribution in [-0.2, 0) is 27.1 Å².